The molecular formula is C17H16ClN5OS. The number of benzene rings is 1. The first-order valence-electron chi connectivity index (χ1n) is 7.58. The Morgan fingerprint density at radius 2 is 2.24 bits per heavy atom. The fourth-order valence-corrected chi connectivity index (χ4v) is 3.05. The summed E-state index contributed by atoms with van der Waals surface area (Å²) in [5.41, 5.74) is 2.82. The van der Waals surface area contributed by atoms with Crippen LogP contribution in [-0.4, -0.2) is 31.4 Å². The monoisotopic (exact) mass is 373 g/mol. The van der Waals surface area contributed by atoms with E-state index in [1.807, 2.05) is 41.8 Å². The van der Waals surface area contributed by atoms with Crippen molar-refractivity contribution in [3.63, 3.8) is 0 Å². The molecule has 0 aliphatic heterocycles. The molecule has 1 aromatic carbocycles. The van der Waals surface area contributed by atoms with Crippen molar-refractivity contribution < 1.29 is 4.79 Å². The minimum absolute atomic E-state index is 0.0784. The molecule has 3 rings (SSSR count). The molecule has 6 nitrogen and oxygen atoms in total. The summed E-state index contributed by atoms with van der Waals surface area (Å²) in [5, 5.41) is 12.2. The Hall–Kier alpha value is -2.38. The number of carbonyl (C=O) groups is 1. The molecule has 0 saturated carbocycles. The molecule has 0 radical (unpaired) electrons. The Morgan fingerprint density at radius 3 is 3.00 bits per heavy atom. The molecule has 25 heavy (non-hydrogen) atoms. The molecule has 0 bridgehead atoms. The molecule has 1 amide bonds. The first-order valence-corrected chi connectivity index (χ1v) is 8.95. The van der Waals surface area contributed by atoms with Gasteiger partial charge in [-0.1, -0.05) is 35.5 Å². The number of carbonyl (C=O) groups excluding carboxylic acids is 1. The van der Waals surface area contributed by atoms with Crippen LogP contribution >= 0.6 is 23.4 Å². The highest BCUT2D eigenvalue weighted by Gasteiger charge is 2.11. The van der Waals surface area contributed by atoms with E-state index >= 15 is 0 Å². The number of aryl methyl sites for hydroxylation is 1. The van der Waals surface area contributed by atoms with Crippen molar-refractivity contribution in [1.82, 2.24) is 25.1 Å². The number of nitrogens with zero attached hydrogens (tertiary/aromatic N) is 4. The smallest absolute Gasteiger partial charge is 0.230 e. The number of nitrogens with one attached hydrogen (secondary N) is 1. The number of aromatic nitrogens is 4. The quantitative estimate of drug-likeness (QED) is 0.672. The van der Waals surface area contributed by atoms with Gasteiger partial charge in [-0.15, -0.1) is 10.2 Å². The van der Waals surface area contributed by atoms with Gasteiger partial charge in [0.15, 0.2) is 5.16 Å². The lowest BCUT2D eigenvalue weighted by atomic mass is 10.2. The van der Waals surface area contributed by atoms with Gasteiger partial charge >= 0.3 is 0 Å². The SMILES string of the molecule is Cc1ccc(-n2cnnc2SCC(=O)NCc2cccnc2)cc1Cl. The summed E-state index contributed by atoms with van der Waals surface area (Å²) in [6, 6.07) is 9.49. The van der Waals surface area contributed by atoms with Gasteiger partial charge in [0.25, 0.3) is 0 Å². The fourth-order valence-electron chi connectivity index (χ4n) is 2.12. The molecule has 128 valence electrons. The molecule has 2 aromatic heterocycles. The summed E-state index contributed by atoms with van der Waals surface area (Å²) in [4.78, 5) is 16.0. The molecule has 2 heterocycles. The van der Waals surface area contributed by atoms with Gasteiger partial charge in [0, 0.05) is 24.0 Å². The van der Waals surface area contributed by atoms with Gasteiger partial charge in [-0.3, -0.25) is 14.3 Å². The van der Waals surface area contributed by atoms with Crippen LogP contribution in [0.15, 0.2) is 54.2 Å². The first kappa shape index (κ1) is 17.4. The van der Waals surface area contributed by atoms with Crippen LogP contribution in [0.2, 0.25) is 5.02 Å². The van der Waals surface area contributed by atoms with Gasteiger partial charge < -0.3 is 5.32 Å². The number of pyridine rings is 1. The molecular weight excluding hydrogens is 358 g/mol. The standard InChI is InChI=1S/C17H16ClN5OS/c1-12-4-5-14(7-15(12)18)23-11-21-22-17(23)25-10-16(24)20-9-13-3-2-6-19-8-13/h2-8,11H,9-10H2,1H3,(H,20,24). The lowest BCUT2D eigenvalue weighted by Crippen LogP contribution is -2.24. The van der Waals surface area contributed by atoms with Crippen LogP contribution in [0.4, 0.5) is 0 Å². The van der Waals surface area contributed by atoms with Crippen LogP contribution in [0.1, 0.15) is 11.1 Å². The van der Waals surface area contributed by atoms with E-state index in [0.717, 1.165) is 16.8 Å². The fraction of sp³-hybridized carbons (Fsp3) is 0.176. The Bertz CT molecular complexity index is 868. The van der Waals surface area contributed by atoms with E-state index < -0.39 is 0 Å². The lowest BCUT2D eigenvalue weighted by Gasteiger charge is -2.08. The number of hydrogen-bond donors (Lipinski definition) is 1. The Labute approximate surface area is 154 Å². The first-order chi connectivity index (χ1) is 12.1. The van der Waals surface area contributed by atoms with Crippen molar-refractivity contribution in [2.24, 2.45) is 0 Å². The third kappa shape index (κ3) is 4.58. The molecule has 0 fully saturated rings. The van der Waals surface area contributed by atoms with Gasteiger partial charge in [-0.05, 0) is 36.2 Å². The van der Waals surface area contributed by atoms with Crippen LogP contribution in [0, 0.1) is 6.92 Å². The second-order valence-electron chi connectivity index (χ2n) is 5.34. The average Bonchev–Trinajstić information content (AvgIpc) is 3.10. The summed E-state index contributed by atoms with van der Waals surface area (Å²) in [6.45, 7) is 2.40. The summed E-state index contributed by atoms with van der Waals surface area (Å²) >= 11 is 7.50. The second kappa shape index (κ2) is 8.13. The molecule has 0 aliphatic rings. The molecule has 8 heteroatoms. The van der Waals surface area contributed by atoms with Crippen molar-refractivity contribution in [3.8, 4) is 5.69 Å². The zero-order valence-electron chi connectivity index (χ0n) is 13.5. The highest BCUT2D eigenvalue weighted by Crippen LogP contribution is 2.23. The maximum atomic E-state index is 12.0. The summed E-state index contributed by atoms with van der Waals surface area (Å²) in [6.07, 6.45) is 5.04. The van der Waals surface area contributed by atoms with E-state index in [9.17, 15) is 4.79 Å². The van der Waals surface area contributed by atoms with E-state index in [2.05, 4.69) is 20.5 Å². The maximum Gasteiger partial charge on any atom is 0.230 e. The third-order valence-electron chi connectivity index (χ3n) is 3.49. The average molecular weight is 374 g/mol. The number of halogens is 1. The molecule has 0 saturated heterocycles. The highest BCUT2D eigenvalue weighted by atomic mass is 35.5. The van der Waals surface area contributed by atoms with E-state index in [0.29, 0.717) is 16.7 Å². The number of thioether (sulfide) groups is 1. The predicted octanol–water partition coefficient (Wildman–Crippen LogP) is 3.03. The molecule has 0 aliphatic carbocycles. The number of rotatable bonds is 6. The number of amides is 1. The van der Waals surface area contributed by atoms with Crippen LogP contribution in [0.25, 0.3) is 5.69 Å². The van der Waals surface area contributed by atoms with Crippen LogP contribution in [0.3, 0.4) is 0 Å². The minimum atomic E-state index is -0.0784. The summed E-state index contributed by atoms with van der Waals surface area (Å²) < 4.78 is 1.81. The topological polar surface area (TPSA) is 72.7 Å². The van der Waals surface area contributed by atoms with Gasteiger partial charge in [0.2, 0.25) is 5.91 Å². The molecule has 0 atom stereocenters. The van der Waals surface area contributed by atoms with Gasteiger partial charge in [-0.25, -0.2) is 0 Å². The van der Waals surface area contributed by atoms with Gasteiger partial charge in [-0.2, -0.15) is 0 Å². The normalized spacial score (nSPS) is 10.6. The predicted molar refractivity (Wildman–Crippen MR) is 97.9 cm³/mol. The van der Waals surface area contributed by atoms with Crippen LogP contribution in [0.5, 0.6) is 0 Å². The maximum absolute atomic E-state index is 12.0. The van der Waals surface area contributed by atoms with Crippen molar-refractivity contribution in [2.75, 3.05) is 5.75 Å². The molecule has 1 N–H and O–H groups in total. The molecule has 3 aromatic rings. The Kier molecular flexibility index (Phi) is 5.67. The zero-order valence-corrected chi connectivity index (χ0v) is 15.1. The van der Waals surface area contributed by atoms with Crippen molar-refractivity contribution in [2.45, 2.75) is 18.6 Å². The van der Waals surface area contributed by atoms with Gasteiger partial charge in [0.1, 0.15) is 6.33 Å². The highest BCUT2D eigenvalue weighted by molar-refractivity contribution is 7.99. The summed E-state index contributed by atoms with van der Waals surface area (Å²) in [5.74, 6) is 0.170. The van der Waals surface area contributed by atoms with Crippen molar-refractivity contribution in [3.05, 3.63) is 65.2 Å². The molecule has 0 unspecified atom stereocenters. The van der Waals surface area contributed by atoms with Crippen molar-refractivity contribution in [1.29, 1.82) is 0 Å². The van der Waals surface area contributed by atoms with E-state index in [-0.39, 0.29) is 11.7 Å². The molecule has 0 spiro atoms. The third-order valence-corrected chi connectivity index (χ3v) is 4.85. The van der Waals surface area contributed by atoms with E-state index in [1.165, 1.54) is 11.8 Å². The van der Waals surface area contributed by atoms with E-state index in [4.69, 9.17) is 11.6 Å². The van der Waals surface area contributed by atoms with Crippen LogP contribution in [-0.2, 0) is 11.3 Å². The number of hydrogen-bond acceptors (Lipinski definition) is 5. The largest absolute Gasteiger partial charge is 0.351 e. The summed E-state index contributed by atoms with van der Waals surface area (Å²) in [7, 11) is 0. The van der Waals surface area contributed by atoms with E-state index in [1.54, 1.807) is 18.7 Å². The van der Waals surface area contributed by atoms with Crippen molar-refractivity contribution >= 4 is 29.3 Å². The minimum Gasteiger partial charge on any atom is -0.351 e. The van der Waals surface area contributed by atoms with Gasteiger partial charge in [0.05, 0.1) is 11.4 Å². The zero-order chi connectivity index (χ0) is 17.6. The second-order valence-corrected chi connectivity index (χ2v) is 6.69. The van der Waals surface area contributed by atoms with Crippen LogP contribution < -0.4 is 5.32 Å². The Balaban J connectivity index is 1.59. The lowest BCUT2D eigenvalue weighted by molar-refractivity contribution is -0.118. The Morgan fingerprint density at radius 1 is 1.36 bits per heavy atom.